The van der Waals surface area contributed by atoms with Crippen LogP contribution in [0.15, 0.2) is 48.5 Å². The second kappa shape index (κ2) is 10.2. The minimum absolute atomic E-state index is 0.157. The molecule has 0 fully saturated rings. The van der Waals surface area contributed by atoms with E-state index < -0.39 is 11.6 Å². The summed E-state index contributed by atoms with van der Waals surface area (Å²) in [5.41, 5.74) is 1.18. The molecule has 2 rings (SSSR count). The molecule has 2 amide bonds. The molecule has 0 spiro atoms. The molecule has 0 aliphatic heterocycles. The minimum Gasteiger partial charge on any atom is -0.497 e. The number of rotatable bonds is 8. The molecular weight excluding hydrogens is 383 g/mol. The Morgan fingerprint density at radius 1 is 1.03 bits per heavy atom. The summed E-state index contributed by atoms with van der Waals surface area (Å²) in [5.74, 6) is 0.00771. The molecule has 0 saturated heterocycles. The lowest BCUT2D eigenvalue weighted by Gasteiger charge is -2.33. The van der Waals surface area contributed by atoms with Gasteiger partial charge in [-0.15, -0.1) is 0 Å². The molecule has 0 bridgehead atoms. The van der Waals surface area contributed by atoms with Gasteiger partial charge in [-0.25, -0.2) is 4.39 Å². The fourth-order valence-electron chi connectivity index (χ4n) is 3.18. The van der Waals surface area contributed by atoms with Gasteiger partial charge in [-0.05, 0) is 62.6 Å². The molecule has 1 atom stereocenters. The summed E-state index contributed by atoms with van der Waals surface area (Å²) in [4.78, 5) is 27.8. The molecule has 162 valence electrons. The topological polar surface area (TPSA) is 58.6 Å². The number of carbonyl (C=O) groups excluding carboxylic acids is 2. The Kier molecular flexibility index (Phi) is 7.98. The van der Waals surface area contributed by atoms with Crippen LogP contribution in [-0.2, 0) is 22.6 Å². The molecule has 0 heterocycles. The maximum absolute atomic E-state index is 13.3. The van der Waals surface area contributed by atoms with Gasteiger partial charge in [0.2, 0.25) is 11.8 Å². The molecule has 0 radical (unpaired) electrons. The monoisotopic (exact) mass is 414 g/mol. The third-order valence-corrected chi connectivity index (χ3v) is 4.66. The van der Waals surface area contributed by atoms with Crippen molar-refractivity contribution in [3.05, 3.63) is 65.5 Å². The van der Waals surface area contributed by atoms with Crippen LogP contribution < -0.4 is 10.1 Å². The Hall–Kier alpha value is -2.89. The van der Waals surface area contributed by atoms with Gasteiger partial charge >= 0.3 is 0 Å². The van der Waals surface area contributed by atoms with Crippen LogP contribution in [0.2, 0.25) is 0 Å². The highest BCUT2D eigenvalue weighted by Gasteiger charge is 2.30. The second-order valence-electron chi connectivity index (χ2n) is 8.34. The molecule has 2 aromatic carbocycles. The van der Waals surface area contributed by atoms with Gasteiger partial charge in [0.25, 0.3) is 0 Å². The first-order valence-electron chi connectivity index (χ1n) is 10.1. The number of methoxy groups -OCH3 is 1. The zero-order valence-corrected chi connectivity index (χ0v) is 18.4. The molecule has 5 nitrogen and oxygen atoms in total. The SMILES string of the molecule is CCC(C(=O)NC(C)(C)C)N(Cc1ccc(F)cc1)C(=O)Cc1ccc(OC)cc1. The third-order valence-electron chi connectivity index (χ3n) is 4.66. The normalized spacial score (nSPS) is 12.2. The van der Waals surface area contributed by atoms with Crippen molar-refractivity contribution in [3.8, 4) is 5.75 Å². The van der Waals surface area contributed by atoms with Crippen LogP contribution in [0.3, 0.4) is 0 Å². The second-order valence-corrected chi connectivity index (χ2v) is 8.34. The van der Waals surface area contributed by atoms with Gasteiger partial charge in [0.1, 0.15) is 17.6 Å². The zero-order valence-electron chi connectivity index (χ0n) is 18.4. The summed E-state index contributed by atoms with van der Waals surface area (Å²) in [5, 5.41) is 2.97. The van der Waals surface area contributed by atoms with Crippen molar-refractivity contribution in [2.75, 3.05) is 7.11 Å². The predicted octanol–water partition coefficient (Wildman–Crippen LogP) is 4.10. The van der Waals surface area contributed by atoms with E-state index in [-0.39, 0.29) is 30.6 Å². The zero-order chi connectivity index (χ0) is 22.3. The maximum Gasteiger partial charge on any atom is 0.243 e. The van der Waals surface area contributed by atoms with Crippen LogP contribution >= 0.6 is 0 Å². The van der Waals surface area contributed by atoms with E-state index in [1.807, 2.05) is 39.8 Å². The maximum atomic E-state index is 13.3. The van der Waals surface area contributed by atoms with Gasteiger partial charge in [-0.2, -0.15) is 0 Å². The number of hydrogen-bond donors (Lipinski definition) is 1. The van der Waals surface area contributed by atoms with Crippen molar-refractivity contribution in [3.63, 3.8) is 0 Å². The molecule has 6 heteroatoms. The summed E-state index contributed by atoms with van der Waals surface area (Å²) in [6.07, 6.45) is 0.627. The number of nitrogens with zero attached hydrogens (tertiary/aromatic N) is 1. The molecular formula is C24H31FN2O3. The highest BCUT2D eigenvalue weighted by atomic mass is 19.1. The lowest BCUT2D eigenvalue weighted by atomic mass is 10.0. The molecule has 0 aliphatic rings. The summed E-state index contributed by atoms with van der Waals surface area (Å²) >= 11 is 0. The number of amides is 2. The standard InChI is InChI=1S/C24H31FN2O3/c1-6-21(23(29)26-24(2,3)4)27(16-18-7-11-19(25)12-8-18)22(28)15-17-9-13-20(30-5)14-10-17/h7-14,21H,6,15-16H2,1-5H3,(H,26,29). The average molecular weight is 415 g/mol. The van der Waals surface area contributed by atoms with Gasteiger partial charge in [-0.1, -0.05) is 31.2 Å². The molecule has 30 heavy (non-hydrogen) atoms. The fourth-order valence-corrected chi connectivity index (χ4v) is 3.18. The van der Waals surface area contributed by atoms with Crippen LogP contribution in [0.25, 0.3) is 0 Å². The van der Waals surface area contributed by atoms with Crippen LogP contribution in [-0.4, -0.2) is 35.4 Å². The van der Waals surface area contributed by atoms with E-state index in [0.29, 0.717) is 12.2 Å². The van der Waals surface area contributed by atoms with Crippen LogP contribution in [0.1, 0.15) is 45.2 Å². The van der Waals surface area contributed by atoms with E-state index in [2.05, 4.69) is 5.32 Å². The highest BCUT2D eigenvalue weighted by molar-refractivity contribution is 5.88. The predicted molar refractivity (Wildman–Crippen MR) is 116 cm³/mol. The van der Waals surface area contributed by atoms with E-state index in [0.717, 1.165) is 11.1 Å². The van der Waals surface area contributed by atoms with Crippen LogP contribution in [0.4, 0.5) is 4.39 Å². The van der Waals surface area contributed by atoms with Gasteiger partial charge in [0.05, 0.1) is 13.5 Å². The smallest absolute Gasteiger partial charge is 0.243 e. The van der Waals surface area contributed by atoms with E-state index in [1.165, 1.54) is 12.1 Å². The molecule has 0 aliphatic carbocycles. The number of carbonyl (C=O) groups is 2. The van der Waals surface area contributed by atoms with Crippen LogP contribution in [0, 0.1) is 5.82 Å². The van der Waals surface area contributed by atoms with Gasteiger partial charge < -0.3 is 15.0 Å². The van der Waals surface area contributed by atoms with Gasteiger partial charge in [-0.3, -0.25) is 9.59 Å². The third kappa shape index (κ3) is 6.87. The summed E-state index contributed by atoms with van der Waals surface area (Å²) in [6.45, 7) is 7.82. The van der Waals surface area contributed by atoms with Crippen molar-refractivity contribution < 1.29 is 18.7 Å². The molecule has 0 saturated carbocycles. The van der Waals surface area contributed by atoms with Gasteiger partial charge in [0, 0.05) is 12.1 Å². The minimum atomic E-state index is -0.625. The van der Waals surface area contributed by atoms with E-state index >= 15 is 0 Å². The van der Waals surface area contributed by atoms with E-state index in [9.17, 15) is 14.0 Å². The molecule has 1 N–H and O–H groups in total. The average Bonchev–Trinajstić information content (AvgIpc) is 2.68. The largest absolute Gasteiger partial charge is 0.497 e. The number of halogens is 1. The highest BCUT2D eigenvalue weighted by Crippen LogP contribution is 2.17. The van der Waals surface area contributed by atoms with Crippen molar-refractivity contribution in [1.29, 1.82) is 0 Å². The number of benzene rings is 2. The van der Waals surface area contributed by atoms with Crippen molar-refractivity contribution in [2.45, 2.75) is 58.7 Å². The Labute approximate surface area is 178 Å². The quantitative estimate of drug-likeness (QED) is 0.708. The first-order chi connectivity index (χ1) is 14.1. The summed E-state index contributed by atoms with van der Waals surface area (Å²) in [7, 11) is 1.59. The molecule has 2 aromatic rings. The first kappa shape index (κ1) is 23.4. The van der Waals surface area contributed by atoms with Crippen molar-refractivity contribution >= 4 is 11.8 Å². The van der Waals surface area contributed by atoms with Crippen LogP contribution in [0.5, 0.6) is 5.75 Å². The van der Waals surface area contributed by atoms with Crippen molar-refractivity contribution in [2.24, 2.45) is 0 Å². The Balaban J connectivity index is 2.28. The lowest BCUT2D eigenvalue weighted by molar-refractivity contribution is -0.141. The van der Waals surface area contributed by atoms with E-state index in [1.54, 1.807) is 36.3 Å². The Bertz CT molecular complexity index is 842. The Morgan fingerprint density at radius 3 is 2.10 bits per heavy atom. The first-order valence-corrected chi connectivity index (χ1v) is 10.1. The number of ether oxygens (including phenoxy) is 1. The van der Waals surface area contributed by atoms with E-state index in [4.69, 9.17) is 4.74 Å². The van der Waals surface area contributed by atoms with Gasteiger partial charge in [0.15, 0.2) is 0 Å². The Morgan fingerprint density at radius 2 is 1.60 bits per heavy atom. The molecule has 1 unspecified atom stereocenters. The molecule has 0 aromatic heterocycles. The lowest BCUT2D eigenvalue weighted by Crippen LogP contribution is -2.53. The summed E-state index contributed by atoms with van der Waals surface area (Å²) in [6, 6.07) is 12.6. The summed E-state index contributed by atoms with van der Waals surface area (Å²) < 4.78 is 18.5. The fraction of sp³-hybridized carbons (Fsp3) is 0.417. The number of hydrogen-bond acceptors (Lipinski definition) is 3. The van der Waals surface area contributed by atoms with Crippen molar-refractivity contribution in [1.82, 2.24) is 10.2 Å². The number of nitrogens with one attached hydrogen (secondary N) is 1.